The van der Waals surface area contributed by atoms with E-state index in [1.54, 1.807) is 0 Å². The Hall–Kier alpha value is -2.93. The SMILES string of the molecule is Cc1nc2c3ccccc3ccc2c2c1ccc1ccccc12. The first-order valence-electron chi connectivity index (χ1n) is 7.92. The molecule has 0 fully saturated rings. The van der Waals surface area contributed by atoms with Crippen molar-refractivity contribution in [1.29, 1.82) is 0 Å². The largest absolute Gasteiger partial charge is 0.252 e. The van der Waals surface area contributed by atoms with Crippen LogP contribution in [0.1, 0.15) is 5.69 Å². The normalized spacial score (nSPS) is 11.7. The second-order valence-electron chi connectivity index (χ2n) is 6.09. The highest BCUT2D eigenvalue weighted by Gasteiger charge is 2.11. The molecule has 0 unspecified atom stereocenters. The molecule has 0 aliphatic heterocycles. The second kappa shape index (κ2) is 4.53. The summed E-state index contributed by atoms with van der Waals surface area (Å²) in [5.41, 5.74) is 2.19. The van der Waals surface area contributed by atoms with Gasteiger partial charge in [-0.15, -0.1) is 0 Å². The molecule has 4 aromatic carbocycles. The lowest BCUT2D eigenvalue weighted by atomic mass is 9.96. The fourth-order valence-corrected chi connectivity index (χ4v) is 3.67. The van der Waals surface area contributed by atoms with Gasteiger partial charge in [0.05, 0.1) is 5.52 Å². The van der Waals surface area contributed by atoms with Crippen LogP contribution in [-0.2, 0) is 0 Å². The molecule has 5 rings (SSSR count). The number of aromatic nitrogens is 1. The van der Waals surface area contributed by atoms with Gasteiger partial charge in [-0.3, -0.25) is 4.98 Å². The Kier molecular flexibility index (Phi) is 2.48. The quantitative estimate of drug-likeness (QED) is 0.319. The molecule has 0 spiro atoms. The second-order valence-corrected chi connectivity index (χ2v) is 6.09. The van der Waals surface area contributed by atoms with E-state index >= 15 is 0 Å². The highest BCUT2D eigenvalue weighted by Crippen LogP contribution is 2.35. The predicted molar refractivity (Wildman–Crippen MR) is 99.0 cm³/mol. The third-order valence-corrected chi connectivity index (χ3v) is 4.77. The van der Waals surface area contributed by atoms with Crippen molar-refractivity contribution in [3.63, 3.8) is 0 Å². The lowest BCUT2D eigenvalue weighted by molar-refractivity contribution is 1.30. The zero-order valence-corrected chi connectivity index (χ0v) is 12.9. The van der Waals surface area contributed by atoms with E-state index in [4.69, 9.17) is 4.98 Å². The molecule has 0 saturated heterocycles. The predicted octanol–water partition coefficient (Wildman–Crippen LogP) is 6.00. The summed E-state index contributed by atoms with van der Waals surface area (Å²) in [5.74, 6) is 0. The Balaban J connectivity index is 2.15. The minimum absolute atomic E-state index is 1.09. The van der Waals surface area contributed by atoms with Gasteiger partial charge in [-0.2, -0.15) is 0 Å². The van der Waals surface area contributed by atoms with Crippen LogP contribution in [0.2, 0.25) is 0 Å². The van der Waals surface area contributed by atoms with Gasteiger partial charge < -0.3 is 0 Å². The lowest BCUT2D eigenvalue weighted by Crippen LogP contribution is -1.90. The van der Waals surface area contributed by atoms with Crippen molar-refractivity contribution >= 4 is 43.2 Å². The Labute approximate surface area is 134 Å². The summed E-state index contributed by atoms with van der Waals surface area (Å²) < 4.78 is 0. The maximum absolute atomic E-state index is 4.94. The number of benzene rings is 4. The van der Waals surface area contributed by atoms with Crippen LogP contribution in [0.15, 0.2) is 72.8 Å². The molecule has 1 heterocycles. The Morgan fingerprint density at radius 2 is 1.17 bits per heavy atom. The van der Waals surface area contributed by atoms with Gasteiger partial charge in [0.1, 0.15) is 0 Å². The Morgan fingerprint density at radius 1 is 0.565 bits per heavy atom. The fourth-order valence-electron chi connectivity index (χ4n) is 3.67. The average Bonchev–Trinajstić information content (AvgIpc) is 2.61. The number of nitrogens with zero attached hydrogens (tertiary/aromatic N) is 1. The average molecular weight is 293 g/mol. The van der Waals surface area contributed by atoms with Crippen molar-refractivity contribution in [2.75, 3.05) is 0 Å². The monoisotopic (exact) mass is 293 g/mol. The van der Waals surface area contributed by atoms with Gasteiger partial charge in [-0.1, -0.05) is 72.8 Å². The smallest absolute Gasteiger partial charge is 0.0790 e. The molecule has 0 amide bonds. The molecule has 0 N–H and O–H groups in total. The van der Waals surface area contributed by atoms with E-state index in [1.807, 2.05) is 0 Å². The molecule has 0 radical (unpaired) electrons. The first-order valence-corrected chi connectivity index (χ1v) is 7.92. The molecule has 1 heteroatoms. The van der Waals surface area contributed by atoms with Gasteiger partial charge in [0.2, 0.25) is 0 Å². The van der Waals surface area contributed by atoms with Crippen molar-refractivity contribution in [3.8, 4) is 0 Å². The van der Waals surface area contributed by atoms with Crippen molar-refractivity contribution in [3.05, 3.63) is 78.5 Å². The number of hydrogen-bond donors (Lipinski definition) is 0. The topological polar surface area (TPSA) is 12.9 Å². The highest BCUT2D eigenvalue weighted by atomic mass is 14.7. The summed E-state index contributed by atoms with van der Waals surface area (Å²) >= 11 is 0. The summed E-state index contributed by atoms with van der Waals surface area (Å²) in [6, 6.07) is 25.9. The van der Waals surface area contributed by atoms with Crippen molar-refractivity contribution in [2.45, 2.75) is 6.92 Å². The molecule has 0 saturated carbocycles. The zero-order valence-electron chi connectivity index (χ0n) is 12.9. The number of hydrogen-bond acceptors (Lipinski definition) is 1. The summed E-state index contributed by atoms with van der Waals surface area (Å²) in [6.45, 7) is 2.11. The molecule has 0 aliphatic rings. The van der Waals surface area contributed by atoms with Crippen LogP contribution in [-0.4, -0.2) is 4.98 Å². The standard InChI is InChI=1S/C22H15N/c1-14-17-12-10-15-6-2-4-8-18(15)21(17)20-13-11-16-7-3-5-9-19(16)22(20)23-14/h2-13H,1H3. The van der Waals surface area contributed by atoms with E-state index < -0.39 is 0 Å². The summed E-state index contributed by atoms with van der Waals surface area (Å²) in [7, 11) is 0. The molecule has 23 heavy (non-hydrogen) atoms. The maximum atomic E-state index is 4.94. The third kappa shape index (κ3) is 1.71. The first-order chi connectivity index (χ1) is 11.3. The molecular formula is C22H15N. The molecular weight excluding hydrogens is 278 g/mol. The van der Waals surface area contributed by atoms with Crippen LogP contribution in [0.3, 0.4) is 0 Å². The van der Waals surface area contributed by atoms with Gasteiger partial charge in [0.25, 0.3) is 0 Å². The van der Waals surface area contributed by atoms with Crippen molar-refractivity contribution < 1.29 is 0 Å². The van der Waals surface area contributed by atoms with E-state index in [0.29, 0.717) is 0 Å². The van der Waals surface area contributed by atoms with Crippen LogP contribution < -0.4 is 0 Å². The summed E-state index contributed by atoms with van der Waals surface area (Å²) in [5, 5.41) is 8.84. The number of pyridine rings is 1. The van der Waals surface area contributed by atoms with E-state index in [-0.39, 0.29) is 0 Å². The minimum atomic E-state index is 1.09. The number of fused-ring (bicyclic) bond motifs is 7. The Bertz CT molecular complexity index is 1220. The van der Waals surface area contributed by atoms with E-state index in [2.05, 4.69) is 79.7 Å². The Morgan fingerprint density at radius 3 is 1.96 bits per heavy atom. The zero-order chi connectivity index (χ0) is 15.4. The van der Waals surface area contributed by atoms with E-state index in [9.17, 15) is 0 Å². The molecule has 1 nitrogen and oxygen atoms in total. The van der Waals surface area contributed by atoms with Crippen LogP contribution in [0.25, 0.3) is 43.2 Å². The van der Waals surface area contributed by atoms with Gasteiger partial charge in [-0.05, 0) is 23.1 Å². The molecule has 1 aromatic heterocycles. The van der Waals surface area contributed by atoms with Crippen molar-refractivity contribution in [1.82, 2.24) is 4.98 Å². The number of rotatable bonds is 0. The van der Waals surface area contributed by atoms with Gasteiger partial charge in [-0.25, -0.2) is 0 Å². The lowest BCUT2D eigenvalue weighted by Gasteiger charge is -2.11. The van der Waals surface area contributed by atoms with E-state index in [1.165, 1.54) is 37.7 Å². The van der Waals surface area contributed by atoms with Gasteiger partial charge >= 0.3 is 0 Å². The third-order valence-electron chi connectivity index (χ3n) is 4.77. The molecule has 0 bridgehead atoms. The maximum Gasteiger partial charge on any atom is 0.0790 e. The molecule has 0 aliphatic carbocycles. The van der Waals surface area contributed by atoms with E-state index in [0.717, 1.165) is 11.2 Å². The van der Waals surface area contributed by atoms with Crippen molar-refractivity contribution in [2.24, 2.45) is 0 Å². The van der Waals surface area contributed by atoms with Gasteiger partial charge in [0.15, 0.2) is 0 Å². The first kappa shape index (κ1) is 12.6. The fraction of sp³-hybridized carbons (Fsp3) is 0.0455. The number of aryl methyl sites for hydroxylation is 1. The minimum Gasteiger partial charge on any atom is -0.252 e. The van der Waals surface area contributed by atoms with Crippen LogP contribution in [0.4, 0.5) is 0 Å². The van der Waals surface area contributed by atoms with Crippen LogP contribution in [0.5, 0.6) is 0 Å². The highest BCUT2D eigenvalue weighted by molar-refractivity contribution is 6.23. The summed E-state index contributed by atoms with van der Waals surface area (Å²) in [4.78, 5) is 4.94. The molecule has 5 aromatic rings. The molecule has 108 valence electrons. The van der Waals surface area contributed by atoms with Crippen LogP contribution in [0, 0.1) is 6.92 Å². The van der Waals surface area contributed by atoms with Crippen LogP contribution >= 0.6 is 0 Å². The van der Waals surface area contributed by atoms with Gasteiger partial charge in [0, 0.05) is 27.2 Å². The molecule has 0 atom stereocenters. The summed E-state index contributed by atoms with van der Waals surface area (Å²) in [6.07, 6.45) is 0.